The summed E-state index contributed by atoms with van der Waals surface area (Å²) in [6.45, 7) is 4.88. The average molecular weight is 349 g/mol. The normalized spacial score (nSPS) is 29.3. The third-order valence-corrected chi connectivity index (χ3v) is 7.89. The first-order valence-electron chi connectivity index (χ1n) is 9.34. The molecule has 2 saturated heterocycles. The first-order chi connectivity index (χ1) is 11.6. The van der Waals surface area contributed by atoms with Crippen LogP contribution in [0.4, 0.5) is 0 Å². The lowest BCUT2D eigenvalue weighted by atomic mass is 10.0. The minimum Gasteiger partial charge on any atom is -0.302 e. The van der Waals surface area contributed by atoms with Crippen molar-refractivity contribution in [2.24, 2.45) is 17.8 Å². The zero-order chi connectivity index (χ0) is 16.6. The third-order valence-electron chi connectivity index (χ3n) is 6.10. The van der Waals surface area contributed by atoms with Crippen LogP contribution in [0.25, 0.3) is 0 Å². The maximum Gasteiger partial charge on any atom is 0.218 e. The van der Waals surface area contributed by atoms with Crippen molar-refractivity contribution in [3.8, 4) is 0 Å². The van der Waals surface area contributed by atoms with Gasteiger partial charge >= 0.3 is 0 Å². The Morgan fingerprint density at radius 1 is 0.917 bits per heavy atom. The Morgan fingerprint density at radius 2 is 1.54 bits per heavy atom. The van der Waals surface area contributed by atoms with Crippen LogP contribution in [0.2, 0.25) is 0 Å². The highest BCUT2D eigenvalue weighted by Gasteiger charge is 2.44. The largest absolute Gasteiger partial charge is 0.302 e. The molecule has 0 aromatic heterocycles. The highest BCUT2D eigenvalue weighted by molar-refractivity contribution is 7.88. The van der Waals surface area contributed by atoms with Gasteiger partial charge in [-0.05, 0) is 36.2 Å². The zero-order valence-corrected chi connectivity index (χ0v) is 15.1. The van der Waals surface area contributed by atoms with Crippen molar-refractivity contribution >= 4 is 10.0 Å². The van der Waals surface area contributed by atoms with E-state index in [1.165, 1.54) is 32.2 Å². The van der Waals surface area contributed by atoms with Gasteiger partial charge in [-0.2, -0.15) is 0 Å². The fourth-order valence-corrected chi connectivity index (χ4v) is 6.49. The van der Waals surface area contributed by atoms with Crippen LogP contribution in [-0.4, -0.2) is 50.3 Å². The monoisotopic (exact) mass is 348 g/mol. The molecule has 0 bridgehead atoms. The molecule has 3 fully saturated rings. The number of nitrogens with zero attached hydrogens (tertiary/aromatic N) is 2. The molecule has 4 nitrogen and oxygen atoms in total. The van der Waals surface area contributed by atoms with Crippen molar-refractivity contribution in [2.45, 2.75) is 31.4 Å². The summed E-state index contributed by atoms with van der Waals surface area (Å²) in [7, 11) is -3.18. The number of fused-ring (bicyclic) bond motifs is 1. The molecular formula is C19H28N2O2S. The van der Waals surface area contributed by atoms with E-state index >= 15 is 0 Å². The first kappa shape index (κ1) is 16.6. The van der Waals surface area contributed by atoms with E-state index in [2.05, 4.69) is 4.90 Å². The molecule has 1 aromatic rings. The molecule has 4 rings (SSSR count). The van der Waals surface area contributed by atoms with Crippen molar-refractivity contribution in [3.63, 3.8) is 0 Å². The van der Waals surface area contributed by atoms with Crippen LogP contribution >= 0.6 is 0 Å². The lowest BCUT2D eigenvalue weighted by Crippen LogP contribution is -2.35. The smallest absolute Gasteiger partial charge is 0.218 e. The minimum absolute atomic E-state index is 0.138. The van der Waals surface area contributed by atoms with Gasteiger partial charge in [0, 0.05) is 32.7 Å². The number of hydrogen-bond donors (Lipinski definition) is 0. The Hall–Kier alpha value is -0.910. The molecule has 2 aliphatic heterocycles. The van der Waals surface area contributed by atoms with E-state index in [0.29, 0.717) is 11.8 Å². The molecule has 24 heavy (non-hydrogen) atoms. The summed E-state index contributed by atoms with van der Waals surface area (Å²) in [6.07, 6.45) is 5.58. The molecule has 1 saturated carbocycles. The second-order valence-corrected chi connectivity index (χ2v) is 9.92. The van der Waals surface area contributed by atoms with E-state index in [1.54, 1.807) is 4.31 Å². The molecule has 2 heterocycles. The van der Waals surface area contributed by atoms with Gasteiger partial charge in [0.15, 0.2) is 0 Å². The number of hydrogen-bond acceptors (Lipinski definition) is 3. The number of likely N-dealkylation sites (tertiary alicyclic amines) is 1. The Bertz CT molecular complexity index is 641. The average Bonchev–Trinajstić information content (AvgIpc) is 3.24. The zero-order valence-electron chi connectivity index (χ0n) is 14.3. The van der Waals surface area contributed by atoms with E-state index in [4.69, 9.17) is 0 Å². The molecule has 1 aromatic carbocycles. The molecule has 132 valence electrons. The molecule has 1 aliphatic carbocycles. The fourth-order valence-electron chi connectivity index (χ4n) is 4.86. The minimum atomic E-state index is -3.18. The van der Waals surface area contributed by atoms with Crippen LogP contribution in [0.1, 0.15) is 31.2 Å². The van der Waals surface area contributed by atoms with Gasteiger partial charge in [0.2, 0.25) is 10.0 Å². The van der Waals surface area contributed by atoms with E-state index < -0.39 is 10.0 Å². The fraction of sp³-hybridized carbons (Fsp3) is 0.684. The van der Waals surface area contributed by atoms with E-state index in [1.807, 2.05) is 30.3 Å². The van der Waals surface area contributed by atoms with Crippen LogP contribution in [-0.2, 0) is 15.8 Å². The van der Waals surface area contributed by atoms with Gasteiger partial charge < -0.3 is 4.90 Å². The van der Waals surface area contributed by atoms with Gasteiger partial charge in [0.25, 0.3) is 0 Å². The third kappa shape index (κ3) is 3.53. The Kier molecular flexibility index (Phi) is 4.67. The summed E-state index contributed by atoms with van der Waals surface area (Å²) in [5.74, 6) is 2.11. The molecule has 3 aliphatic rings. The van der Waals surface area contributed by atoms with Crippen molar-refractivity contribution in [1.82, 2.24) is 9.21 Å². The van der Waals surface area contributed by atoms with Gasteiger partial charge in [-0.3, -0.25) is 0 Å². The highest BCUT2D eigenvalue weighted by atomic mass is 32.2. The van der Waals surface area contributed by atoms with Gasteiger partial charge in [0.05, 0.1) is 5.75 Å². The lowest BCUT2D eigenvalue weighted by Gasteiger charge is -2.23. The lowest BCUT2D eigenvalue weighted by molar-refractivity contribution is 0.253. The summed E-state index contributed by atoms with van der Waals surface area (Å²) in [6, 6.07) is 9.54. The molecular weight excluding hydrogens is 320 g/mol. The summed E-state index contributed by atoms with van der Waals surface area (Å²) in [5, 5.41) is 0. The Labute approximate surface area is 145 Å². The van der Waals surface area contributed by atoms with Crippen LogP contribution < -0.4 is 0 Å². The Balaban J connectivity index is 1.33. The van der Waals surface area contributed by atoms with E-state index in [9.17, 15) is 8.42 Å². The maximum atomic E-state index is 12.7. The topological polar surface area (TPSA) is 40.6 Å². The van der Waals surface area contributed by atoms with Crippen molar-refractivity contribution in [3.05, 3.63) is 35.9 Å². The SMILES string of the molecule is O=S(=O)(Cc1ccccc1)N1CC2CN(CC3CCCC3)CC2C1. The van der Waals surface area contributed by atoms with E-state index in [-0.39, 0.29) is 5.75 Å². The quantitative estimate of drug-likeness (QED) is 0.821. The summed E-state index contributed by atoms with van der Waals surface area (Å²) < 4.78 is 27.2. The highest BCUT2D eigenvalue weighted by Crippen LogP contribution is 2.35. The van der Waals surface area contributed by atoms with Crippen molar-refractivity contribution < 1.29 is 8.42 Å². The number of rotatable bonds is 5. The molecule has 0 radical (unpaired) electrons. The standard InChI is InChI=1S/C19H28N2O2S/c22-24(23,15-17-8-2-1-3-9-17)21-13-18-11-20(12-19(18)14-21)10-16-6-4-5-7-16/h1-3,8-9,16,18-19H,4-7,10-15H2. The Morgan fingerprint density at radius 3 is 2.17 bits per heavy atom. The second kappa shape index (κ2) is 6.77. The summed E-state index contributed by atoms with van der Waals surface area (Å²) in [4.78, 5) is 2.60. The van der Waals surface area contributed by atoms with Crippen LogP contribution in [0.3, 0.4) is 0 Å². The van der Waals surface area contributed by atoms with Gasteiger partial charge in [-0.25, -0.2) is 12.7 Å². The number of sulfonamides is 1. The van der Waals surface area contributed by atoms with E-state index in [0.717, 1.165) is 37.7 Å². The molecule has 2 unspecified atom stereocenters. The maximum absolute atomic E-state index is 12.7. The predicted octanol–water partition coefficient (Wildman–Crippen LogP) is 2.57. The first-order valence-corrected chi connectivity index (χ1v) is 11.0. The molecule has 0 spiro atoms. The molecule has 0 N–H and O–H groups in total. The van der Waals surface area contributed by atoms with Crippen LogP contribution in [0, 0.1) is 17.8 Å². The molecule has 0 amide bonds. The van der Waals surface area contributed by atoms with Gasteiger partial charge in [-0.15, -0.1) is 0 Å². The number of benzene rings is 1. The van der Waals surface area contributed by atoms with Crippen LogP contribution in [0.15, 0.2) is 30.3 Å². The van der Waals surface area contributed by atoms with Crippen molar-refractivity contribution in [2.75, 3.05) is 32.7 Å². The molecule has 2 atom stereocenters. The summed E-state index contributed by atoms with van der Waals surface area (Å²) >= 11 is 0. The molecule has 5 heteroatoms. The second-order valence-electron chi connectivity index (χ2n) is 7.95. The summed E-state index contributed by atoms with van der Waals surface area (Å²) in [5.41, 5.74) is 0.886. The van der Waals surface area contributed by atoms with Crippen LogP contribution in [0.5, 0.6) is 0 Å². The van der Waals surface area contributed by atoms with Gasteiger partial charge in [-0.1, -0.05) is 43.2 Å². The van der Waals surface area contributed by atoms with Gasteiger partial charge in [0.1, 0.15) is 0 Å². The van der Waals surface area contributed by atoms with Crippen molar-refractivity contribution in [1.29, 1.82) is 0 Å². The predicted molar refractivity (Wildman–Crippen MR) is 96.0 cm³/mol.